The fourth-order valence-electron chi connectivity index (χ4n) is 2.09. The molecular weight excluding hydrogens is 266 g/mol. The van der Waals surface area contributed by atoms with Crippen LogP contribution < -0.4 is 11.5 Å². The van der Waals surface area contributed by atoms with Gasteiger partial charge in [-0.05, 0) is 19.1 Å². The molecular formula is C14H11N7. The van der Waals surface area contributed by atoms with E-state index in [4.69, 9.17) is 11.5 Å². The van der Waals surface area contributed by atoms with E-state index in [0.717, 1.165) is 5.52 Å². The fourth-order valence-corrected chi connectivity index (χ4v) is 2.09. The van der Waals surface area contributed by atoms with E-state index in [2.05, 4.69) is 19.9 Å². The molecule has 0 fully saturated rings. The summed E-state index contributed by atoms with van der Waals surface area (Å²) >= 11 is 0. The highest BCUT2D eigenvalue weighted by atomic mass is 15.0. The number of hydrogen-bond acceptors (Lipinski definition) is 7. The predicted molar refractivity (Wildman–Crippen MR) is 78.8 cm³/mol. The third kappa shape index (κ3) is 2.08. The predicted octanol–water partition coefficient (Wildman–Crippen LogP) is 1.43. The van der Waals surface area contributed by atoms with Crippen LogP contribution in [0.25, 0.3) is 22.4 Å². The normalized spacial score (nSPS) is 10.5. The Labute approximate surface area is 120 Å². The van der Waals surface area contributed by atoms with Gasteiger partial charge in [0.05, 0.1) is 16.7 Å². The van der Waals surface area contributed by atoms with Crippen molar-refractivity contribution in [2.24, 2.45) is 0 Å². The van der Waals surface area contributed by atoms with Crippen LogP contribution in [-0.4, -0.2) is 19.9 Å². The van der Waals surface area contributed by atoms with Crippen LogP contribution in [-0.2, 0) is 0 Å². The van der Waals surface area contributed by atoms with Crippen LogP contribution >= 0.6 is 0 Å². The summed E-state index contributed by atoms with van der Waals surface area (Å²) in [6.45, 7) is 1.80. The van der Waals surface area contributed by atoms with Crippen LogP contribution in [0.15, 0.2) is 24.3 Å². The zero-order valence-corrected chi connectivity index (χ0v) is 11.2. The van der Waals surface area contributed by atoms with Crippen LogP contribution in [0.5, 0.6) is 0 Å². The molecule has 0 atom stereocenters. The van der Waals surface area contributed by atoms with Crippen molar-refractivity contribution < 1.29 is 0 Å². The fraction of sp³-hybridized carbons (Fsp3) is 0.0714. The summed E-state index contributed by atoms with van der Waals surface area (Å²) in [6, 6.07) is 9.45. The Hall–Kier alpha value is -3.27. The Bertz CT molecular complexity index is 896. The van der Waals surface area contributed by atoms with Crippen molar-refractivity contribution in [3.05, 3.63) is 35.5 Å². The van der Waals surface area contributed by atoms with Crippen LogP contribution in [0.2, 0.25) is 0 Å². The van der Waals surface area contributed by atoms with Gasteiger partial charge < -0.3 is 11.5 Å². The second kappa shape index (κ2) is 4.68. The number of para-hydroxylation sites is 2. The summed E-state index contributed by atoms with van der Waals surface area (Å²) in [5.41, 5.74) is 14.4. The van der Waals surface area contributed by atoms with E-state index < -0.39 is 0 Å². The minimum absolute atomic E-state index is 0.00383. The van der Waals surface area contributed by atoms with Gasteiger partial charge in [0.15, 0.2) is 0 Å². The monoisotopic (exact) mass is 277 g/mol. The molecule has 0 unspecified atom stereocenters. The zero-order chi connectivity index (χ0) is 15.0. The van der Waals surface area contributed by atoms with Gasteiger partial charge in [-0.2, -0.15) is 10.2 Å². The summed E-state index contributed by atoms with van der Waals surface area (Å²) in [4.78, 5) is 16.9. The number of hydrogen-bond donors (Lipinski definition) is 2. The van der Waals surface area contributed by atoms with Crippen molar-refractivity contribution in [2.75, 3.05) is 11.5 Å². The first kappa shape index (κ1) is 12.7. The summed E-state index contributed by atoms with van der Waals surface area (Å²) in [5.74, 6) is 0.0326. The molecule has 0 aliphatic rings. The number of fused-ring (bicyclic) bond motifs is 1. The number of anilines is 2. The lowest BCUT2D eigenvalue weighted by Crippen LogP contribution is -2.07. The van der Waals surface area contributed by atoms with Gasteiger partial charge >= 0.3 is 0 Å². The highest BCUT2D eigenvalue weighted by Crippen LogP contribution is 2.27. The standard InChI is InChI=1S/C14H11N7/c1-7-11(19-10-5-3-2-4-9(10)18-7)12-8(6-15)13(16)21-14(17)20-12/h2-5H,1H3,(H4,16,17,20,21). The SMILES string of the molecule is Cc1nc2ccccc2nc1-c1nc(N)nc(N)c1C#N. The Morgan fingerprint density at radius 2 is 1.62 bits per heavy atom. The number of aryl methyl sites for hydroxylation is 1. The van der Waals surface area contributed by atoms with Gasteiger partial charge in [0.25, 0.3) is 0 Å². The van der Waals surface area contributed by atoms with Gasteiger partial charge in [-0.3, -0.25) is 0 Å². The zero-order valence-electron chi connectivity index (χ0n) is 11.2. The molecule has 7 nitrogen and oxygen atoms in total. The molecule has 21 heavy (non-hydrogen) atoms. The van der Waals surface area contributed by atoms with E-state index in [-0.39, 0.29) is 17.3 Å². The number of nitrogen functional groups attached to an aromatic ring is 2. The Morgan fingerprint density at radius 1 is 0.952 bits per heavy atom. The second-order valence-corrected chi connectivity index (χ2v) is 4.45. The maximum atomic E-state index is 9.26. The number of nitriles is 1. The highest BCUT2D eigenvalue weighted by molar-refractivity contribution is 5.80. The largest absolute Gasteiger partial charge is 0.382 e. The topological polar surface area (TPSA) is 127 Å². The van der Waals surface area contributed by atoms with Crippen LogP contribution in [0.3, 0.4) is 0 Å². The molecule has 0 bridgehead atoms. The van der Waals surface area contributed by atoms with E-state index in [1.165, 1.54) is 0 Å². The van der Waals surface area contributed by atoms with Crippen molar-refractivity contribution in [1.82, 2.24) is 19.9 Å². The Kier molecular flexibility index (Phi) is 2.84. The molecule has 0 aliphatic heterocycles. The molecule has 0 saturated heterocycles. The van der Waals surface area contributed by atoms with Gasteiger partial charge in [0.1, 0.15) is 28.8 Å². The molecule has 2 heterocycles. The summed E-state index contributed by atoms with van der Waals surface area (Å²) in [6.07, 6.45) is 0. The Morgan fingerprint density at radius 3 is 2.29 bits per heavy atom. The van der Waals surface area contributed by atoms with Crippen molar-refractivity contribution in [2.45, 2.75) is 6.92 Å². The Balaban J connectivity index is 2.35. The number of nitrogens with zero attached hydrogens (tertiary/aromatic N) is 5. The number of aromatic nitrogens is 4. The minimum atomic E-state index is -0.00383. The number of nitrogens with two attached hydrogens (primary N) is 2. The third-order valence-corrected chi connectivity index (χ3v) is 3.04. The van der Waals surface area contributed by atoms with E-state index in [1.807, 2.05) is 30.3 Å². The van der Waals surface area contributed by atoms with E-state index >= 15 is 0 Å². The lowest BCUT2D eigenvalue weighted by Gasteiger charge is -2.09. The second-order valence-electron chi connectivity index (χ2n) is 4.45. The number of benzene rings is 1. The first-order valence-electron chi connectivity index (χ1n) is 6.17. The van der Waals surface area contributed by atoms with Crippen molar-refractivity contribution in [1.29, 1.82) is 5.26 Å². The molecule has 0 saturated carbocycles. The first-order chi connectivity index (χ1) is 10.1. The third-order valence-electron chi connectivity index (χ3n) is 3.04. The minimum Gasteiger partial charge on any atom is -0.382 e. The van der Waals surface area contributed by atoms with E-state index in [0.29, 0.717) is 22.6 Å². The maximum absolute atomic E-state index is 9.26. The lowest BCUT2D eigenvalue weighted by atomic mass is 10.1. The van der Waals surface area contributed by atoms with E-state index in [9.17, 15) is 5.26 Å². The molecule has 0 aliphatic carbocycles. The smallest absolute Gasteiger partial charge is 0.222 e. The van der Waals surface area contributed by atoms with Crippen LogP contribution in [0, 0.1) is 18.3 Å². The molecule has 4 N–H and O–H groups in total. The lowest BCUT2D eigenvalue weighted by molar-refractivity contribution is 1.13. The van der Waals surface area contributed by atoms with Gasteiger partial charge in [0.2, 0.25) is 5.95 Å². The highest BCUT2D eigenvalue weighted by Gasteiger charge is 2.17. The molecule has 102 valence electrons. The first-order valence-corrected chi connectivity index (χ1v) is 6.17. The molecule has 0 radical (unpaired) electrons. The van der Waals surface area contributed by atoms with Gasteiger partial charge in [-0.25, -0.2) is 15.0 Å². The molecule has 3 rings (SSSR count). The van der Waals surface area contributed by atoms with Gasteiger partial charge in [0, 0.05) is 0 Å². The molecule has 0 spiro atoms. The summed E-state index contributed by atoms with van der Waals surface area (Å²) < 4.78 is 0. The average Bonchev–Trinajstić information content (AvgIpc) is 2.45. The van der Waals surface area contributed by atoms with Gasteiger partial charge in [-0.15, -0.1) is 0 Å². The van der Waals surface area contributed by atoms with E-state index in [1.54, 1.807) is 6.92 Å². The maximum Gasteiger partial charge on any atom is 0.222 e. The molecule has 7 heteroatoms. The average molecular weight is 277 g/mol. The summed E-state index contributed by atoms with van der Waals surface area (Å²) in [5, 5.41) is 9.26. The van der Waals surface area contributed by atoms with Crippen molar-refractivity contribution >= 4 is 22.8 Å². The molecule has 1 aromatic carbocycles. The van der Waals surface area contributed by atoms with Crippen LogP contribution in [0.4, 0.5) is 11.8 Å². The molecule has 3 aromatic rings. The molecule has 2 aromatic heterocycles. The summed E-state index contributed by atoms with van der Waals surface area (Å²) in [7, 11) is 0. The quantitative estimate of drug-likeness (QED) is 0.688. The van der Waals surface area contributed by atoms with Crippen LogP contribution in [0.1, 0.15) is 11.3 Å². The van der Waals surface area contributed by atoms with Gasteiger partial charge in [-0.1, -0.05) is 12.1 Å². The molecule has 0 amide bonds. The van der Waals surface area contributed by atoms with Crippen molar-refractivity contribution in [3.63, 3.8) is 0 Å². The number of rotatable bonds is 1. The van der Waals surface area contributed by atoms with Crippen molar-refractivity contribution in [3.8, 4) is 17.5 Å².